The van der Waals surface area contributed by atoms with Gasteiger partial charge in [0.2, 0.25) is 17.7 Å². The Kier molecular flexibility index (Phi) is 7.70. The van der Waals surface area contributed by atoms with Crippen LogP contribution in [-0.4, -0.2) is 40.2 Å². The van der Waals surface area contributed by atoms with E-state index in [0.29, 0.717) is 35.1 Å². The summed E-state index contributed by atoms with van der Waals surface area (Å²) in [4.78, 5) is 47.9. The highest BCUT2D eigenvalue weighted by molar-refractivity contribution is 6.30. The van der Waals surface area contributed by atoms with Crippen molar-refractivity contribution in [3.63, 3.8) is 0 Å². The number of para-hydroxylation sites is 2. The van der Waals surface area contributed by atoms with Crippen LogP contribution in [0.3, 0.4) is 0 Å². The summed E-state index contributed by atoms with van der Waals surface area (Å²) in [5.74, 6) is -0.420. The Morgan fingerprint density at radius 1 is 1.00 bits per heavy atom. The highest BCUT2D eigenvalue weighted by Gasteiger charge is 2.44. The number of hydrogen-bond acceptors (Lipinski definition) is 5. The Bertz CT molecular complexity index is 1590. The van der Waals surface area contributed by atoms with Crippen LogP contribution in [0.1, 0.15) is 44.1 Å². The van der Waals surface area contributed by atoms with E-state index in [4.69, 9.17) is 16.0 Å². The number of imide groups is 1. The van der Waals surface area contributed by atoms with Gasteiger partial charge in [0.15, 0.2) is 5.58 Å². The molecule has 8 heteroatoms. The van der Waals surface area contributed by atoms with Gasteiger partial charge in [-0.25, -0.2) is 9.88 Å². The van der Waals surface area contributed by atoms with Crippen molar-refractivity contribution < 1.29 is 18.8 Å². The van der Waals surface area contributed by atoms with Crippen molar-refractivity contribution in [1.82, 2.24) is 9.88 Å². The molecular weight excluding hydrogens is 538 g/mol. The zero-order valence-electron chi connectivity index (χ0n) is 22.6. The third-order valence-corrected chi connectivity index (χ3v) is 8.07. The lowest BCUT2D eigenvalue weighted by Crippen LogP contribution is -2.46. The van der Waals surface area contributed by atoms with Crippen LogP contribution in [0.15, 0.2) is 88.9 Å². The molecule has 1 aliphatic heterocycles. The van der Waals surface area contributed by atoms with Gasteiger partial charge in [0, 0.05) is 17.1 Å². The van der Waals surface area contributed by atoms with Gasteiger partial charge in [-0.1, -0.05) is 47.5 Å². The molecule has 0 radical (unpaired) electrons. The van der Waals surface area contributed by atoms with Crippen LogP contribution in [0.2, 0.25) is 5.02 Å². The third kappa shape index (κ3) is 5.81. The lowest BCUT2D eigenvalue weighted by molar-refractivity contribution is -0.137. The molecule has 0 bridgehead atoms. The van der Waals surface area contributed by atoms with Gasteiger partial charge in [-0.15, -0.1) is 0 Å². The number of amides is 3. The first-order chi connectivity index (χ1) is 20.0. The number of oxazole rings is 1. The molecule has 0 spiro atoms. The van der Waals surface area contributed by atoms with Gasteiger partial charge >= 0.3 is 0 Å². The predicted octanol–water partition coefficient (Wildman–Crippen LogP) is 6.74. The molecule has 1 aliphatic carbocycles. The van der Waals surface area contributed by atoms with Crippen molar-refractivity contribution >= 4 is 46.1 Å². The zero-order chi connectivity index (χ0) is 28.3. The van der Waals surface area contributed by atoms with E-state index in [1.54, 1.807) is 41.3 Å². The number of fused-ring (bicyclic) bond motifs is 1. The van der Waals surface area contributed by atoms with Crippen LogP contribution >= 0.6 is 11.6 Å². The fourth-order valence-corrected chi connectivity index (χ4v) is 5.73. The molecule has 4 aromatic rings. The number of hydrogen-bond donors (Lipinski definition) is 0. The van der Waals surface area contributed by atoms with Crippen molar-refractivity contribution in [3.8, 4) is 11.5 Å². The number of benzene rings is 3. The first kappa shape index (κ1) is 27.0. The van der Waals surface area contributed by atoms with Crippen LogP contribution < -0.4 is 4.90 Å². The largest absolute Gasteiger partial charge is 0.436 e. The third-order valence-electron chi connectivity index (χ3n) is 7.81. The molecule has 0 N–H and O–H groups in total. The van der Waals surface area contributed by atoms with Gasteiger partial charge in [0.05, 0.1) is 18.5 Å². The Morgan fingerprint density at radius 2 is 1.78 bits per heavy atom. The normalized spacial score (nSPS) is 17.2. The smallest absolute Gasteiger partial charge is 0.257 e. The van der Waals surface area contributed by atoms with E-state index in [2.05, 4.69) is 11.1 Å². The molecule has 6 rings (SSSR count). The number of halogens is 1. The van der Waals surface area contributed by atoms with Crippen molar-refractivity contribution in [2.75, 3.05) is 11.4 Å². The summed E-state index contributed by atoms with van der Waals surface area (Å²) in [5, 5.41) is 0.594. The monoisotopic (exact) mass is 567 g/mol. The van der Waals surface area contributed by atoms with Crippen LogP contribution in [0.5, 0.6) is 0 Å². The highest BCUT2D eigenvalue weighted by Crippen LogP contribution is 2.31. The van der Waals surface area contributed by atoms with Gasteiger partial charge < -0.3 is 9.32 Å². The summed E-state index contributed by atoms with van der Waals surface area (Å²) in [6.45, 7) is 0.395. The van der Waals surface area contributed by atoms with Crippen LogP contribution in [0.4, 0.5) is 5.69 Å². The summed E-state index contributed by atoms with van der Waals surface area (Å²) in [5.41, 5.74) is 4.76. The molecule has 1 aromatic heterocycles. The maximum atomic E-state index is 13.7. The predicted molar refractivity (Wildman–Crippen MR) is 158 cm³/mol. The SMILES string of the molecule is O=C1CC(N(CCC2=CCCCC2)C(=O)Cc2ccc(Cl)cc2)C(=O)N1c1ccc(-c2nc3ccccc3o2)cc1. The molecule has 1 atom stereocenters. The number of allylic oxidation sites excluding steroid dienone is 1. The highest BCUT2D eigenvalue weighted by atomic mass is 35.5. The second-order valence-electron chi connectivity index (χ2n) is 10.6. The number of carbonyl (C=O) groups excluding carboxylic acids is 3. The summed E-state index contributed by atoms with van der Waals surface area (Å²) >= 11 is 6.02. The van der Waals surface area contributed by atoms with Gasteiger partial charge in [0.1, 0.15) is 11.6 Å². The van der Waals surface area contributed by atoms with E-state index in [-0.39, 0.29) is 30.6 Å². The minimum atomic E-state index is -0.844. The molecule has 2 heterocycles. The summed E-state index contributed by atoms with van der Waals surface area (Å²) in [7, 11) is 0. The standard InChI is InChI=1S/C33H30ClN3O4/c34-25-14-10-23(11-15-25)20-30(38)36(19-18-22-6-2-1-3-7-22)28-21-31(39)37(33(28)40)26-16-12-24(13-17-26)32-35-27-8-4-5-9-29(27)41-32/h4-6,8-17,28H,1-3,7,18-21H2. The molecule has 7 nitrogen and oxygen atoms in total. The molecule has 1 unspecified atom stereocenters. The molecule has 1 saturated heterocycles. The van der Waals surface area contributed by atoms with E-state index >= 15 is 0 Å². The number of carbonyl (C=O) groups is 3. The quantitative estimate of drug-likeness (QED) is 0.174. The van der Waals surface area contributed by atoms with Crippen LogP contribution in [0, 0.1) is 0 Å². The Morgan fingerprint density at radius 3 is 2.51 bits per heavy atom. The number of anilines is 1. The molecule has 208 valence electrons. The summed E-state index contributed by atoms with van der Waals surface area (Å²) < 4.78 is 5.85. The van der Waals surface area contributed by atoms with Gasteiger partial charge in [-0.05, 0) is 86.2 Å². The Balaban J connectivity index is 1.22. The van der Waals surface area contributed by atoms with Crippen molar-refractivity contribution in [1.29, 1.82) is 0 Å². The first-order valence-corrected chi connectivity index (χ1v) is 14.4. The summed E-state index contributed by atoms with van der Waals surface area (Å²) in [6.07, 6.45) is 7.40. The number of rotatable bonds is 8. The lowest BCUT2D eigenvalue weighted by Gasteiger charge is -2.29. The molecule has 0 saturated carbocycles. The van der Waals surface area contributed by atoms with Crippen molar-refractivity contribution in [2.45, 2.75) is 51.0 Å². The molecule has 3 amide bonds. The molecular formula is C33H30ClN3O4. The van der Waals surface area contributed by atoms with Gasteiger partial charge in [-0.3, -0.25) is 14.4 Å². The van der Waals surface area contributed by atoms with E-state index in [1.165, 1.54) is 16.9 Å². The minimum Gasteiger partial charge on any atom is -0.436 e. The zero-order valence-corrected chi connectivity index (χ0v) is 23.3. The topological polar surface area (TPSA) is 83.7 Å². The van der Waals surface area contributed by atoms with E-state index < -0.39 is 6.04 Å². The maximum Gasteiger partial charge on any atom is 0.257 e. The summed E-state index contributed by atoms with van der Waals surface area (Å²) in [6, 6.07) is 20.8. The van der Waals surface area contributed by atoms with Crippen LogP contribution in [0.25, 0.3) is 22.6 Å². The first-order valence-electron chi connectivity index (χ1n) is 14.0. The molecule has 3 aromatic carbocycles. The Labute approximate surface area is 243 Å². The van der Waals surface area contributed by atoms with E-state index in [1.807, 2.05) is 36.4 Å². The molecule has 1 fully saturated rings. The van der Waals surface area contributed by atoms with Gasteiger partial charge in [0.25, 0.3) is 5.91 Å². The second kappa shape index (κ2) is 11.7. The minimum absolute atomic E-state index is 0.0445. The number of aromatic nitrogens is 1. The molecule has 2 aliphatic rings. The Hall–Kier alpha value is -4.23. The average molecular weight is 568 g/mol. The fraction of sp³-hybridized carbons (Fsp3) is 0.273. The maximum absolute atomic E-state index is 13.7. The van der Waals surface area contributed by atoms with Gasteiger partial charge in [-0.2, -0.15) is 0 Å². The van der Waals surface area contributed by atoms with Crippen molar-refractivity contribution in [2.24, 2.45) is 0 Å². The van der Waals surface area contributed by atoms with E-state index in [9.17, 15) is 14.4 Å². The van der Waals surface area contributed by atoms with Crippen molar-refractivity contribution in [3.05, 3.63) is 95.0 Å². The van der Waals surface area contributed by atoms with Crippen LogP contribution in [-0.2, 0) is 20.8 Å². The number of nitrogens with zero attached hydrogens (tertiary/aromatic N) is 3. The van der Waals surface area contributed by atoms with E-state index in [0.717, 1.165) is 35.9 Å². The molecule has 41 heavy (non-hydrogen) atoms. The lowest BCUT2D eigenvalue weighted by atomic mass is 9.96. The fourth-order valence-electron chi connectivity index (χ4n) is 5.61. The average Bonchev–Trinajstić information content (AvgIpc) is 3.55. The second-order valence-corrected chi connectivity index (χ2v) is 11.0.